The third kappa shape index (κ3) is 18.9. The summed E-state index contributed by atoms with van der Waals surface area (Å²) in [6, 6.07) is 38.9. The van der Waals surface area contributed by atoms with E-state index in [-0.39, 0.29) is 99.6 Å². The Balaban J connectivity index is 0.000000254. The summed E-state index contributed by atoms with van der Waals surface area (Å²) in [5.41, 5.74) is 3.14. The second kappa shape index (κ2) is 30.8. The van der Waals surface area contributed by atoms with Crippen molar-refractivity contribution in [3.8, 4) is 11.5 Å². The van der Waals surface area contributed by atoms with Crippen LogP contribution in [0.3, 0.4) is 0 Å². The van der Waals surface area contributed by atoms with Crippen LogP contribution in [0.25, 0.3) is 0 Å². The minimum Gasteiger partial charge on any atom is -0.508 e. The van der Waals surface area contributed by atoms with Crippen LogP contribution in [0, 0.1) is 0 Å². The molecule has 2 unspecified atom stereocenters. The number of ether oxygens (including phenoxy) is 1. The number of nitrogens with one attached hydrogen (secondary N) is 6. The number of hydrogen-bond donors (Lipinski definition) is 9. The molecule has 28 heteroatoms. The minimum absolute atomic E-state index is 0.00350. The van der Waals surface area contributed by atoms with Gasteiger partial charge in [-0.1, -0.05) is 130 Å². The van der Waals surface area contributed by atoms with Gasteiger partial charge in [0.2, 0.25) is 20.0 Å². The molecule has 0 saturated heterocycles. The molecule has 8 aromatic carbocycles. The number of carboxylic acid groups (broad SMARTS) is 1. The number of halogens is 6. The summed E-state index contributed by atoms with van der Waals surface area (Å²) >= 11 is 36.9. The molecular weight excluding hydrogens is 1320 g/mol. The lowest BCUT2D eigenvalue weighted by Crippen LogP contribution is -2.43. The van der Waals surface area contributed by atoms with Gasteiger partial charge in [-0.25, -0.2) is 35.9 Å². The van der Waals surface area contributed by atoms with Gasteiger partial charge in [0, 0.05) is 37.3 Å². The van der Waals surface area contributed by atoms with Crippen LogP contribution >= 0.6 is 69.6 Å². The molecule has 0 radical (unpaired) electrons. The average Bonchev–Trinajstić information content (AvgIpc) is 3.27. The Kier molecular flexibility index (Phi) is 23.6. The van der Waals surface area contributed by atoms with E-state index in [9.17, 15) is 60.9 Å². The molecule has 0 fully saturated rings. The minimum atomic E-state index is -4.03. The van der Waals surface area contributed by atoms with Gasteiger partial charge < -0.3 is 41.3 Å². The first-order valence-corrected chi connectivity index (χ1v) is 31.2. The fourth-order valence-electron chi connectivity index (χ4n) is 8.29. The topological polar surface area (TPSA) is 313 Å². The Morgan fingerprint density at radius 2 is 0.798 bits per heavy atom. The number of phenols is 2. The number of carboxylic acids is 1. The summed E-state index contributed by atoms with van der Waals surface area (Å²) in [4.78, 5) is 75.4. The fraction of sp³-hybridized carbons (Fsp3) is 0.115. The number of aliphatic carboxylic acids is 1. The molecule has 0 aliphatic rings. The van der Waals surface area contributed by atoms with Crippen molar-refractivity contribution in [1.29, 1.82) is 0 Å². The maximum atomic E-state index is 13.1. The highest BCUT2D eigenvalue weighted by Crippen LogP contribution is 2.29. The van der Waals surface area contributed by atoms with Crippen molar-refractivity contribution < 1.29 is 65.7 Å². The lowest BCUT2D eigenvalue weighted by molar-refractivity contribution is -0.143. The molecular formula is C61H50Cl6N6O14S2. The van der Waals surface area contributed by atoms with E-state index in [1.165, 1.54) is 67.8 Å². The van der Waals surface area contributed by atoms with Gasteiger partial charge in [0.15, 0.2) is 0 Å². The van der Waals surface area contributed by atoms with Crippen molar-refractivity contribution in [3.63, 3.8) is 0 Å². The lowest BCUT2D eigenvalue weighted by atomic mass is 10.0. The Morgan fingerprint density at radius 1 is 0.438 bits per heavy atom. The standard InChI is InChI=1S/C31H26Cl3N3O7S.C30H24Cl3N3O7S/c1-44-31(41)27(15-18-8-10-20(11-9-18)36-30(40)28-24(32)6-3-7-25(28)33)37-29(39)23-13-12-22(16-26(23)34)45(42,43)35-17-19-4-2-5-21(38)14-19;31-23-5-2-6-24(32)27(23)29(39)35-19-9-7-17(8-10-19)14-26(30(40)41)36-28(38)22-12-11-21(15-25(22)33)44(42,43)34-16-18-3-1-4-20(37)13-18/h2-14,16,27,35,38H,15,17H2,1H3,(H,36,40)(H,37,39);1-13,15,26,34,37H,14,16H2,(H,35,39)(H,36,38)(H,40,41). The predicted octanol–water partition coefficient (Wildman–Crippen LogP) is 11.1. The first-order chi connectivity index (χ1) is 42.2. The fourth-order valence-corrected chi connectivity index (χ4v) is 12.2. The largest absolute Gasteiger partial charge is 0.508 e. The second-order valence-corrected chi connectivity index (χ2v) is 25.1. The number of methoxy groups -OCH3 is 1. The third-order valence-corrected chi connectivity index (χ3v) is 17.5. The number of carbonyl (C=O) groups is 6. The molecule has 20 nitrogen and oxygen atoms in total. The van der Waals surface area contributed by atoms with Crippen molar-refractivity contribution in [3.05, 3.63) is 245 Å². The van der Waals surface area contributed by atoms with Crippen LogP contribution in [-0.4, -0.2) is 86.9 Å². The summed E-state index contributed by atoms with van der Waals surface area (Å²) in [7, 11) is -6.86. The number of amides is 4. The summed E-state index contributed by atoms with van der Waals surface area (Å²) < 4.78 is 60.7. The van der Waals surface area contributed by atoms with E-state index in [0.29, 0.717) is 33.6 Å². The van der Waals surface area contributed by atoms with Gasteiger partial charge in [-0.15, -0.1) is 0 Å². The number of esters is 1. The first kappa shape index (κ1) is 68.2. The zero-order chi connectivity index (χ0) is 64.7. The molecule has 8 aromatic rings. The molecule has 4 amide bonds. The number of hydrogen-bond acceptors (Lipinski definition) is 13. The molecule has 462 valence electrons. The van der Waals surface area contributed by atoms with Crippen LogP contribution in [0.1, 0.15) is 63.7 Å². The number of aromatic hydroxyl groups is 2. The van der Waals surface area contributed by atoms with Gasteiger partial charge in [0.1, 0.15) is 23.6 Å². The second-order valence-electron chi connectivity index (χ2n) is 19.1. The number of rotatable bonds is 22. The SMILES string of the molecule is COC(=O)C(Cc1ccc(NC(=O)c2c(Cl)cccc2Cl)cc1)NC(=O)c1ccc(S(=O)(=O)NCc2cccc(O)c2)cc1Cl.O=C(NC(Cc1ccc(NC(=O)c2c(Cl)cccc2Cl)cc1)C(=O)O)c1ccc(S(=O)(=O)NCc2cccc(O)c2)cc1Cl. The molecule has 0 heterocycles. The van der Waals surface area contributed by atoms with Crippen LogP contribution in [0.5, 0.6) is 11.5 Å². The quantitative estimate of drug-likeness (QED) is 0.0285. The van der Waals surface area contributed by atoms with Crippen LogP contribution in [0.4, 0.5) is 11.4 Å². The first-order valence-electron chi connectivity index (χ1n) is 26.0. The monoisotopic (exact) mass is 1360 g/mol. The van der Waals surface area contributed by atoms with Crippen LogP contribution < -0.4 is 30.7 Å². The predicted molar refractivity (Wildman–Crippen MR) is 338 cm³/mol. The van der Waals surface area contributed by atoms with Gasteiger partial charge in [0.05, 0.1) is 69.3 Å². The average molecular weight is 1370 g/mol. The van der Waals surface area contributed by atoms with Crippen LogP contribution in [0.15, 0.2) is 180 Å². The van der Waals surface area contributed by atoms with Crippen molar-refractivity contribution in [1.82, 2.24) is 20.1 Å². The molecule has 9 N–H and O–H groups in total. The van der Waals surface area contributed by atoms with E-state index in [4.69, 9.17) is 74.3 Å². The zero-order valence-electron chi connectivity index (χ0n) is 46.1. The van der Waals surface area contributed by atoms with Crippen molar-refractivity contribution in [2.75, 3.05) is 17.7 Å². The molecule has 0 aliphatic heterocycles. The zero-order valence-corrected chi connectivity index (χ0v) is 52.2. The van der Waals surface area contributed by atoms with Gasteiger partial charge in [-0.05, 0) is 131 Å². The number of anilines is 2. The summed E-state index contributed by atoms with van der Waals surface area (Å²) in [5.74, 6) is -4.62. The number of phenolic OH excluding ortho intramolecular Hbond substituents is 2. The molecule has 0 aromatic heterocycles. The van der Waals surface area contributed by atoms with Gasteiger partial charge in [-0.3, -0.25) is 19.2 Å². The van der Waals surface area contributed by atoms with E-state index in [2.05, 4.69) is 30.7 Å². The molecule has 2 atom stereocenters. The lowest BCUT2D eigenvalue weighted by Gasteiger charge is -2.18. The Bertz CT molecular complexity index is 4180. The molecule has 0 aliphatic carbocycles. The molecule has 89 heavy (non-hydrogen) atoms. The van der Waals surface area contributed by atoms with Gasteiger partial charge >= 0.3 is 11.9 Å². The molecule has 8 rings (SSSR count). The Morgan fingerprint density at radius 3 is 1.15 bits per heavy atom. The Labute approximate surface area is 540 Å². The van der Waals surface area contributed by atoms with Gasteiger partial charge in [-0.2, -0.15) is 0 Å². The van der Waals surface area contributed by atoms with Crippen LogP contribution in [-0.2, 0) is 60.3 Å². The third-order valence-electron chi connectivity index (χ3n) is 12.8. The normalized spacial score (nSPS) is 11.9. The van der Waals surface area contributed by atoms with Gasteiger partial charge in [0.25, 0.3) is 23.6 Å². The summed E-state index contributed by atoms with van der Waals surface area (Å²) in [5, 5.41) is 39.6. The van der Waals surface area contributed by atoms with E-state index in [0.717, 1.165) is 12.1 Å². The van der Waals surface area contributed by atoms with E-state index < -0.39 is 67.7 Å². The highest BCUT2D eigenvalue weighted by atomic mass is 35.5. The number of benzene rings is 8. The van der Waals surface area contributed by atoms with Crippen molar-refractivity contribution >= 4 is 137 Å². The smallest absolute Gasteiger partial charge is 0.328 e. The summed E-state index contributed by atoms with van der Waals surface area (Å²) in [6.07, 6.45) is -0.0687. The highest BCUT2D eigenvalue weighted by Gasteiger charge is 2.27. The van der Waals surface area contributed by atoms with E-state index >= 15 is 0 Å². The molecule has 0 saturated carbocycles. The molecule has 0 bridgehead atoms. The van der Waals surface area contributed by atoms with E-state index in [1.807, 2.05) is 0 Å². The Hall–Kier alpha value is -8.26. The number of carbonyl (C=O) groups excluding carboxylic acids is 5. The molecule has 0 spiro atoms. The summed E-state index contributed by atoms with van der Waals surface area (Å²) in [6.45, 7) is -0.180. The highest BCUT2D eigenvalue weighted by molar-refractivity contribution is 7.89. The van der Waals surface area contributed by atoms with Crippen molar-refractivity contribution in [2.24, 2.45) is 0 Å². The number of sulfonamides is 2. The maximum absolute atomic E-state index is 13.1. The van der Waals surface area contributed by atoms with Crippen LogP contribution in [0.2, 0.25) is 30.1 Å². The van der Waals surface area contributed by atoms with Crippen molar-refractivity contribution in [2.45, 2.75) is 47.8 Å². The maximum Gasteiger partial charge on any atom is 0.328 e. The van der Waals surface area contributed by atoms with E-state index in [1.54, 1.807) is 97.1 Å².